The minimum atomic E-state index is -2.93. The normalized spacial score (nSPS) is 21.9. The zero-order valence-electron chi connectivity index (χ0n) is 15.4. The van der Waals surface area contributed by atoms with Gasteiger partial charge < -0.3 is 9.47 Å². The Morgan fingerprint density at radius 3 is 2.79 bits per heavy atom. The molecule has 28 heavy (non-hydrogen) atoms. The van der Waals surface area contributed by atoms with Crippen LogP contribution in [-0.4, -0.2) is 22.7 Å². The monoisotopic (exact) mass is 385 g/mol. The van der Waals surface area contributed by atoms with Crippen molar-refractivity contribution < 1.29 is 18.3 Å². The fourth-order valence-corrected chi connectivity index (χ4v) is 4.19. The van der Waals surface area contributed by atoms with Crippen molar-refractivity contribution in [1.82, 2.24) is 9.97 Å². The van der Waals surface area contributed by atoms with Crippen LogP contribution in [0.25, 0.3) is 0 Å². The summed E-state index contributed by atoms with van der Waals surface area (Å²) in [5, 5.41) is 10.0. The van der Waals surface area contributed by atoms with E-state index in [9.17, 15) is 14.0 Å². The van der Waals surface area contributed by atoms with Gasteiger partial charge in [-0.3, -0.25) is 0 Å². The van der Waals surface area contributed by atoms with Crippen LogP contribution in [0.1, 0.15) is 48.9 Å². The second-order valence-corrected chi connectivity index (χ2v) is 7.43. The highest BCUT2D eigenvalue weighted by molar-refractivity contribution is 5.49. The number of alkyl halides is 2. The molecule has 0 amide bonds. The average molecular weight is 385 g/mol. The van der Waals surface area contributed by atoms with E-state index in [1.807, 2.05) is 0 Å². The molecular weight excluding hydrogens is 364 g/mol. The van der Waals surface area contributed by atoms with Gasteiger partial charge in [0.15, 0.2) is 11.5 Å². The van der Waals surface area contributed by atoms with E-state index < -0.39 is 12.0 Å². The van der Waals surface area contributed by atoms with Crippen molar-refractivity contribution in [2.75, 3.05) is 0 Å². The van der Waals surface area contributed by atoms with E-state index in [0.717, 1.165) is 42.5 Å². The molecule has 2 aliphatic carbocycles. The highest BCUT2D eigenvalue weighted by Crippen LogP contribution is 2.42. The van der Waals surface area contributed by atoms with E-state index in [1.54, 1.807) is 18.3 Å². The summed E-state index contributed by atoms with van der Waals surface area (Å²) in [5.41, 5.74) is 1.89. The fraction of sp³-hybridized carbons (Fsp3) is 0.476. The molecule has 1 fully saturated rings. The molecule has 2 aromatic rings. The quantitative estimate of drug-likeness (QED) is 0.765. The first-order valence-corrected chi connectivity index (χ1v) is 9.55. The SMILES string of the molecule is N#CC1(c2ccc(OC(F)F)c(OC3CCCC3)c2)CCc2ncncc2C1. The standard InChI is InChI=1S/C21H21F2N3O2/c22-20(23)28-18-6-5-15(9-19(18)27-16-3-1-2-4-16)21(12-24)8-7-17-14(10-21)11-25-13-26-17/h5-6,9,11,13,16,20H,1-4,7-8,10H2. The van der Waals surface area contributed by atoms with Gasteiger partial charge in [0.25, 0.3) is 0 Å². The fourth-order valence-electron chi connectivity index (χ4n) is 4.19. The highest BCUT2D eigenvalue weighted by atomic mass is 19.3. The second-order valence-electron chi connectivity index (χ2n) is 7.43. The summed E-state index contributed by atoms with van der Waals surface area (Å²) in [5.74, 6) is 0.299. The molecule has 1 aromatic heterocycles. The number of ether oxygens (including phenoxy) is 2. The molecular formula is C21H21F2N3O2. The lowest BCUT2D eigenvalue weighted by Gasteiger charge is -2.32. The Labute approximate surface area is 162 Å². The molecule has 2 aliphatic rings. The van der Waals surface area contributed by atoms with Gasteiger partial charge in [0.1, 0.15) is 6.33 Å². The van der Waals surface area contributed by atoms with Gasteiger partial charge in [0.05, 0.1) is 17.6 Å². The third-order valence-electron chi connectivity index (χ3n) is 5.68. The van der Waals surface area contributed by atoms with Crippen LogP contribution >= 0.6 is 0 Å². The average Bonchev–Trinajstić information content (AvgIpc) is 3.21. The molecule has 146 valence electrons. The maximum atomic E-state index is 12.8. The van der Waals surface area contributed by atoms with Gasteiger partial charge in [-0.1, -0.05) is 6.07 Å². The van der Waals surface area contributed by atoms with Crippen molar-refractivity contribution in [3.8, 4) is 17.6 Å². The van der Waals surface area contributed by atoms with Gasteiger partial charge in [-0.25, -0.2) is 9.97 Å². The lowest BCUT2D eigenvalue weighted by Crippen LogP contribution is -2.32. The molecule has 1 aromatic carbocycles. The largest absolute Gasteiger partial charge is 0.487 e. The van der Waals surface area contributed by atoms with E-state index in [0.29, 0.717) is 19.3 Å². The third-order valence-corrected chi connectivity index (χ3v) is 5.68. The minimum Gasteiger partial charge on any atom is -0.487 e. The van der Waals surface area contributed by atoms with Crippen LogP contribution in [0.3, 0.4) is 0 Å². The Balaban J connectivity index is 1.69. The summed E-state index contributed by atoms with van der Waals surface area (Å²) in [6.07, 6.45) is 8.93. The smallest absolute Gasteiger partial charge is 0.387 e. The van der Waals surface area contributed by atoms with Gasteiger partial charge in [-0.05, 0) is 68.2 Å². The molecule has 7 heteroatoms. The van der Waals surface area contributed by atoms with Crippen LogP contribution in [0.4, 0.5) is 8.78 Å². The summed E-state index contributed by atoms with van der Waals surface area (Å²) < 4.78 is 36.3. The Morgan fingerprint density at radius 1 is 1.21 bits per heavy atom. The number of hydrogen-bond donors (Lipinski definition) is 0. The summed E-state index contributed by atoms with van der Waals surface area (Å²) in [4.78, 5) is 8.37. The number of aromatic nitrogens is 2. The Morgan fingerprint density at radius 2 is 2.04 bits per heavy atom. The van der Waals surface area contributed by atoms with Crippen molar-refractivity contribution >= 4 is 0 Å². The summed E-state index contributed by atoms with van der Waals surface area (Å²) in [6.45, 7) is -2.93. The Kier molecular flexibility index (Phi) is 5.12. The van der Waals surface area contributed by atoms with Crippen molar-refractivity contribution in [1.29, 1.82) is 5.26 Å². The third kappa shape index (κ3) is 3.64. The van der Waals surface area contributed by atoms with E-state index in [4.69, 9.17) is 4.74 Å². The molecule has 0 aliphatic heterocycles. The number of halogens is 2. The lowest BCUT2D eigenvalue weighted by atomic mass is 9.70. The van der Waals surface area contributed by atoms with Crippen LogP contribution in [0, 0.1) is 11.3 Å². The van der Waals surface area contributed by atoms with Crippen molar-refractivity contribution in [2.24, 2.45) is 0 Å². The minimum absolute atomic E-state index is 0.00575. The molecule has 4 rings (SSSR count). The van der Waals surface area contributed by atoms with Crippen molar-refractivity contribution in [3.05, 3.63) is 47.5 Å². The van der Waals surface area contributed by atoms with Gasteiger partial charge in [-0.2, -0.15) is 14.0 Å². The number of fused-ring (bicyclic) bond motifs is 1. The first-order chi connectivity index (χ1) is 13.6. The molecule has 0 N–H and O–H groups in total. The lowest BCUT2D eigenvalue weighted by molar-refractivity contribution is -0.0520. The summed E-state index contributed by atoms with van der Waals surface area (Å²) >= 11 is 0. The van der Waals surface area contributed by atoms with Gasteiger partial charge >= 0.3 is 6.61 Å². The molecule has 1 saturated carbocycles. The second kappa shape index (κ2) is 7.70. The summed E-state index contributed by atoms with van der Waals surface area (Å²) in [6, 6.07) is 7.34. The van der Waals surface area contributed by atoms with Crippen molar-refractivity contribution in [3.63, 3.8) is 0 Å². The van der Waals surface area contributed by atoms with E-state index in [1.165, 1.54) is 12.4 Å². The van der Waals surface area contributed by atoms with Gasteiger partial charge in [-0.15, -0.1) is 0 Å². The summed E-state index contributed by atoms with van der Waals surface area (Å²) in [7, 11) is 0. The van der Waals surface area contributed by atoms with Crippen LogP contribution in [0.2, 0.25) is 0 Å². The number of nitrogens with zero attached hydrogens (tertiary/aromatic N) is 3. The molecule has 0 spiro atoms. The molecule has 0 radical (unpaired) electrons. The molecule has 0 bridgehead atoms. The first-order valence-electron chi connectivity index (χ1n) is 9.55. The van der Waals surface area contributed by atoms with Crippen LogP contribution < -0.4 is 9.47 Å². The van der Waals surface area contributed by atoms with Gasteiger partial charge in [0, 0.05) is 11.9 Å². The van der Waals surface area contributed by atoms with E-state index in [2.05, 4.69) is 20.8 Å². The molecule has 1 unspecified atom stereocenters. The number of aryl methyl sites for hydroxylation is 1. The van der Waals surface area contributed by atoms with Crippen LogP contribution in [0.15, 0.2) is 30.7 Å². The zero-order chi connectivity index (χ0) is 19.6. The maximum Gasteiger partial charge on any atom is 0.387 e. The number of rotatable bonds is 5. The number of nitriles is 1. The number of hydrogen-bond acceptors (Lipinski definition) is 5. The Bertz CT molecular complexity index is 893. The first kappa shape index (κ1) is 18.6. The predicted octanol–water partition coefficient (Wildman–Crippen LogP) is 4.35. The van der Waals surface area contributed by atoms with E-state index in [-0.39, 0.29) is 17.6 Å². The number of benzene rings is 1. The highest BCUT2D eigenvalue weighted by Gasteiger charge is 2.38. The Hall–Kier alpha value is -2.75. The molecule has 1 heterocycles. The van der Waals surface area contributed by atoms with Crippen LogP contribution in [0.5, 0.6) is 11.5 Å². The van der Waals surface area contributed by atoms with Crippen molar-refractivity contribution in [2.45, 2.75) is 63.1 Å². The molecule has 0 saturated heterocycles. The van der Waals surface area contributed by atoms with E-state index >= 15 is 0 Å². The molecule has 5 nitrogen and oxygen atoms in total. The van der Waals surface area contributed by atoms with Gasteiger partial charge in [0.2, 0.25) is 0 Å². The predicted molar refractivity (Wildman–Crippen MR) is 97.3 cm³/mol. The topological polar surface area (TPSA) is 68.0 Å². The zero-order valence-corrected chi connectivity index (χ0v) is 15.4. The molecule has 1 atom stereocenters. The maximum absolute atomic E-state index is 12.8. The van der Waals surface area contributed by atoms with Crippen LogP contribution in [-0.2, 0) is 18.3 Å².